The van der Waals surface area contributed by atoms with E-state index in [1.807, 2.05) is 44.2 Å². The summed E-state index contributed by atoms with van der Waals surface area (Å²) in [7, 11) is -8.52. The van der Waals surface area contributed by atoms with Crippen LogP contribution in [0.15, 0.2) is 30.3 Å². The van der Waals surface area contributed by atoms with Crippen molar-refractivity contribution in [2.45, 2.75) is 468 Å². The molecule has 14 atom stereocenters. The quantitative estimate of drug-likeness (QED) is 0.00947. The zero-order valence-corrected chi connectivity index (χ0v) is 83.9. The molecular weight excluding hydrogens is 1720 g/mol. The van der Waals surface area contributed by atoms with Gasteiger partial charge in [-0.1, -0.05) is 354 Å². The maximum absolute atomic E-state index is 13.6. The summed E-state index contributed by atoms with van der Waals surface area (Å²) in [6.07, 6.45) is 44.0. The van der Waals surface area contributed by atoms with E-state index < -0.39 is 146 Å². The van der Waals surface area contributed by atoms with E-state index in [0.717, 1.165) is 82.6 Å². The second-order valence-electron chi connectivity index (χ2n) is 36.5. The Balaban J connectivity index is 0.00000135. The van der Waals surface area contributed by atoms with Crippen LogP contribution < -0.4 is 16.0 Å². The summed E-state index contributed by atoms with van der Waals surface area (Å²) in [5, 5.41) is 88.5. The number of nitrogens with one attached hydrogen (secondary N) is 3. The molecule has 0 aliphatic carbocycles. The Labute approximate surface area is 790 Å². The summed E-state index contributed by atoms with van der Waals surface area (Å²) in [5.74, 6) is -2.18. The summed E-state index contributed by atoms with van der Waals surface area (Å²) in [5.41, 5.74) is 1.02. The molecule has 1 aliphatic heterocycles. The van der Waals surface area contributed by atoms with Gasteiger partial charge in [-0.3, -0.25) is 42.1 Å². The lowest BCUT2D eigenvalue weighted by molar-refractivity contribution is -0.161. The molecule has 0 amide bonds. The number of Topliss-reactive ketones (excluding diaryl/α,β-unsaturated/α-hetero) is 1. The van der Waals surface area contributed by atoms with Gasteiger partial charge in [-0.15, -0.1) is 0 Å². The van der Waals surface area contributed by atoms with Crippen LogP contribution in [-0.4, -0.2) is 241 Å². The predicted octanol–water partition coefficient (Wildman–Crippen LogP) is 17.3. The normalized spacial score (nSPS) is 16.7. The maximum atomic E-state index is 13.6. The summed E-state index contributed by atoms with van der Waals surface area (Å²) < 4.78 is 80.4. The van der Waals surface area contributed by atoms with Gasteiger partial charge in [-0.2, -0.15) is 0 Å². The third kappa shape index (κ3) is 70.8. The number of carbonyl (C=O) groups excluding carboxylic acids is 5. The molecule has 0 bridgehead atoms. The van der Waals surface area contributed by atoms with Crippen LogP contribution in [0.3, 0.4) is 0 Å². The molecule has 131 heavy (non-hydrogen) atoms. The predicted molar refractivity (Wildman–Crippen MR) is 515 cm³/mol. The number of carbonyl (C=O) groups is 5. The number of likely N-dealkylation sites (N-methyl/N-ethyl adjacent to an activating group) is 1. The topological polar surface area (TPSA) is 450 Å². The number of hydrogen-bond donors (Lipinski definition) is 13. The van der Waals surface area contributed by atoms with Crippen LogP contribution in [0.4, 0.5) is 0 Å². The first kappa shape index (κ1) is 126. The van der Waals surface area contributed by atoms with E-state index in [9.17, 15) is 78.6 Å². The fourth-order valence-electron chi connectivity index (χ4n) is 15.8. The van der Waals surface area contributed by atoms with Crippen LogP contribution in [0.2, 0.25) is 5.82 Å². The van der Waals surface area contributed by atoms with Crippen molar-refractivity contribution in [2.75, 3.05) is 86.1 Å². The zero-order valence-electron chi connectivity index (χ0n) is 82.2. The van der Waals surface area contributed by atoms with Gasteiger partial charge in [-0.05, 0) is 57.1 Å². The zero-order chi connectivity index (χ0) is 96.7. The van der Waals surface area contributed by atoms with Gasteiger partial charge < -0.3 is 94.8 Å². The lowest BCUT2D eigenvalue weighted by Crippen LogP contribution is -2.49. The van der Waals surface area contributed by atoms with Gasteiger partial charge in [0, 0.05) is 64.1 Å². The standard InChI is InChI=1S/C55H100BN2O14P.C43H86NO13P/c1-6-8-10-12-14-16-18-19-21-23-25-30-34-53(64)70-47(42-67-52(63)33-29-24-22-20-17-15-13-11-9-7-2)43-69-73(65,66)68-36-35-58-40-50(61)54-55(51(62)41-59)72-56(71-54)46(37-44(3)4)39-49(60)48(57-5)38-45-31-27-26-28-32-45;1-3-5-7-9-11-13-15-17-19-21-23-25-27-29-40(48)54-35-37(57-41(49)30-28-26-24-22-20-18-16-14-12-10-8-6-4-2)36-56-58(52,53)55-32-31-44-33-38(46)42(50)43(51)39(47)34-45/h26-28,31-32,44,46-48,50-51,54-55,57-59,61-62H,6-25,29-30,33-43H2,1-5H3,(H,65,66);37-39,42-47,50-51H,3-36H2,1-2H3,(H,52,53)/t46-,47?,48+,50?,51?,54-,55-;/m1./s1. The number of ketones is 1. The molecular formula is C98H186BN3O27P2. The highest BCUT2D eigenvalue weighted by Crippen LogP contribution is 2.44. The fraction of sp³-hybridized carbons (Fsp3) is 0.888. The Kier molecular flexibility index (Phi) is 81.1. The Morgan fingerprint density at radius 1 is 0.412 bits per heavy atom. The van der Waals surface area contributed by atoms with Gasteiger partial charge >= 0.3 is 46.6 Å². The summed E-state index contributed by atoms with van der Waals surface area (Å²) in [6, 6.07) is 9.26. The number of aliphatic hydroxyl groups is 8. The van der Waals surface area contributed by atoms with E-state index in [4.69, 9.17) is 51.5 Å². The van der Waals surface area contributed by atoms with E-state index in [1.54, 1.807) is 7.05 Å². The highest BCUT2D eigenvalue weighted by molar-refractivity contribution is 7.47. The van der Waals surface area contributed by atoms with E-state index in [0.29, 0.717) is 38.5 Å². The van der Waals surface area contributed by atoms with Gasteiger partial charge in [0.1, 0.15) is 43.4 Å². The van der Waals surface area contributed by atoms with Crippen molar-refractivity contribution in [1.82, 2.24) is 16.0 Å². The first-order valence-electron chi connectivity index (χ1n) is 51.4. The van der Waals surface area contributed by atoms with Crippen LogP contribution in [0.1, 0.15) is 394 Å². The Morgan fingerprint density at radius 3 is 1.06 bits per heavy atom. The fourth-order valence-corrected chi connectivity index (χ4v) is 17.3. The Hall–Kier alpha value is -3.47. The molecule has 0 saturated carbocycles. The maximum Gasteiger partial charge on any atom is 0.472 e. The monoisotopic (exact) mass is 1910 g/mol. The van der Waals surface area contributed by atoms with Crippen LogP contribution in [-0.2, 0) is 85.9 Å². The van der Waals surface area contributed by atoms with E-state index in [-0.39, 0.29) is 96.4 Å². The van der Waals surface area contributed by atoms with Crippen LogP contribution in [0, 0.1) is 5.92 Å². The number of esters is 4. The SMILES string of the molecule is CCCCCCCCCCCCCCC(=O)OC(COC(=O)CCCCCCCCCCCC)COP(=O)(O)OCCNCC(O)[C@H]1OB([C@@H](CC(=O)[C@H](Cc2ccccc2)NC)CC(C)C)O[C@@H]1C(O)CO.CCCCCCCCCCCCCCCC(=O)OCC(COP(=O)(O)OCCNCC(O)C(O)C(O)C(O)CO)OC(=O)CCCCCCCCCCCCCCC. The third-order valence-corrected chi connectivity index (χ3v) is 25.8. The second kappa shape index (κ2) is 84.6. The molecule has 1 aromatic carbocycles. The molecule has 2 rings (SSSR count). The average molecular weight is 1910 g/mol. The van der Waals surface area contributed by atoms with E-state index >= 15 is 0 Å². The van der Waals surface area contributed by atoms with Crippen molar-refractivity contribution in [3.8, 4) is 0 Å². The molecule has 13 N–H and O–H groups in total. The van der Waals surface area contributed by atoms with Crippen molar-refractivity contribution in [1.29, 1.82) is 0 Å². The van der Waals surface area contributed by atoms with Crippen molar-refractivity contribution in [2.24, 2.45) is 5.92 Å². The first-order valence-corrected chi connectivity index (χ1v) is 54.4. The molecule has 33 heteroatoms. The summed E-state index contributed by atoms with van der Waals surface area (Å²) in [6.45, 7) is 8.60. The number of rotatable bonds is 92. The lowest BCUT2D eigenvalue weighted by Gasteiger charge is -2.26. The molecule has 768 valence electrons. The Morgan fingerprint density at radius 2 is 0.733 bits per heavy atom. The van der Waals surface area contributed by atoms with Crippen molar-refractivity contribution in [3.63, 3.8) is 0 Å². The molecule has 1 aromatic rings. The number of phosphoric ester groups is 2. The number of ether oxygens (including phenoxy) is 4. The minimum atomic E-state index is -4.68. The number of aliphatic hydroxyl groups excluding tert-OH is 8. The lowest BCUT2D eigenvalue weighted by atomic mass is 9.65. The van der Waals surface area contributed by atoms with Gasteiger partial charge in [-0.25, -0.2) is 9.13 Å². The van der Waals surface area contributed by atoms with Crippen molar-refractivity contribution >= 4 is 52.4 Å². The van der Waals surface area contributed by atoms with E-state index in [1.165, 1.54) is 205 Å². The number of unbranched alkanes of at least 4 members (excludes halogenated alkanes) is 44. The number of benzene rings is 1. The van der Waals surface area contributed by atoms with Gasteiger partial charge in [0.25, 0.3) is 0 Å². The third-order valence-electron chi connectivity index (χ3n) is 23.8. The van der Waals surface area contributed by atoms with Crippen molar-refractivity contribution in [3.05, 3.63) is 35.9 Å². The highest BCUT2D eigenvalue weighted by Gasteiger charge is 2.50. The number of hydrogen-bond acceptors (Lipinski definition) is 28. The molecule has 1 heterocycles. The highest BCUT2D eigenvalue weighted by atomic mass is 31.2. The average Bonchev–Trinajstić information content (AvgIpc) is 1.66. The number of phosphoric acid groups is 2. The molecule has 0 spiro atoms. The molecule has 0 aromatic heterocycles. The van der Waals surface area contributed by atoms with Gasteiger partial charge in [0.2, 0.25) is 0 Å². The molecule has 10 unspecified atom stereocenters. The minimum absolute atomic E-state index is 0.0134. The minimum Gasteiger partial charge on any atom is -0.462 e. The van der Waals surface area contributed by atoms with E-state index in [2.05, 4.69) is 43.6 Å². The first-order chi connectivity index (χ1) is 63.2. The largest absolute Gasteiger partial charge is 0.472 e. The molecule has 30 nitrogen and oxygen atoms in total. The summed E-state index contributed by atoms with van der Waals surface area (Å²) >= 11 is 0. The summed E-state index contributed by atoms with van der Waals surface area (Å²) in [4.78, 5) is 85.2. The van der Waals surface area contributed by atoms with Crippen LogP contribution in [0.5, 0.6) is 0 Å². The second-order valence-corrected chi connectivity index (χ2v) is 39.4. The Bertz CT molecular complexity index is 2970. The van der Waals surface area contributed by atoms with Gasteiger partial charge in [0.15, 0.2) is 12.2 Å². The van der Waals surface area contributed by atoms with Gasteiger partial charge in [0.05, 0.1) is 70.1 Å². The van der Waals surface area contributed by atoms with Crippen LogP contribution >= 0.6 is 15.6 Å². The van der Waals surface area contributed by atoms with Crippen LogP contribution in [0.25, 0.3) is 0 Å². The molecule has 0 radical (unpaired) electrons. The molecule has 1 fully saturated rings. The molecule has 1 saturated heterocycles. The molecule has 1 aliphatic rings. The van der Waals surface area contributed by atoms with Crippen molar-refractivity contribution < 1.29 is 130 Å². The smallest absolute Gasteiger partial charge is 0.462 e.